The van der Waals surface area contributed by atoms with E-state index >= 15 is 0 Å². The van der Waals surface area contributed by atoms with Gasteiger partial charge in [0.25, 0.3) is 0 Å². The minimum Gasteiger partial charge on any atom is -0.322 e. The van der Waals surface area contributed by atoms with Gasteiger partial charge in [0.2, 0.25) is 0 Å². The van der Waals surface area contributed by atoms with Gasteiger partial charge in [0, 0.05) is 5.38 Å². The molecule has 0 saturated heterocycles. The van der Waals surface area contributed by atoms with E-state index in [9.17, 15) is 0 Å². The van der Waals surface area contributed by atoms with Crippen LogP contribution in [0.1, 0.15) is 38.4 Å². The average molecular weight is 185 g/mol. The molecule has 1 aromatic rings. The minimum atomic E-state index is 0.0590. The standard InChI is InChI=1S/C8H15N3S/c1-3-4-6(2)8(9)7-5-12-11-10-7/h5-6,8H,3-4,9H2,1-2H3. The van der Waals surface area contributed by atoms with Crippen molar-refractivity contribution in [3.05, 3.63) is 11.1 Å². The lowest BCUT2D eigenvalue weighted by atomic mass is 9.96. The Morgan fingerprint density at radius 2 is 2.42 bits per heavy atom. The second kappa shape index (κ2) is 4.52. The number of hydrogen-bond acceptors (Lipinski definition) is 4. The third-order valence-corrected chi connectivity index (χ3v) is 2.60. The Morgan fingerprint density at radius 1 is 1.67 bits per heavy atom. The van der Waals surface area contributed by atoms with Crippen molar-refractivity contribution in [3.63, 3.8) is 0 Å². The van der Waals surface area contributed by atoms with Crippen LogP contribution in [0.3, 0.4) is 0 Å². The van der Waals surface area contributed by atoms with Crippen LogP contribution >= 0.6 is 11.5 Å². The Morgan fingerprint density at radius 3 is 2.92 bits per heavy atom. The fourth-order valence-electron chi connectivity index (χ4n) is 1.24. The Labute approximate surface area is 77.2 Å². The smallest absolute Gasteiger partial charge is 0.0925 e. The maximum absolute atomic E-state index is 5.97. The van der Waals surface area contributed by atoms with Gasteiger partial charge in [-0.1, -0.05) is 24.8 Å². The van der Waals surface area contributed by atoms with E-state index in [-0.39, 0.29) is 6.04 Å². The van der Waals surface area contributed by atoms with Crippen LogP contribution in [0.15, 0.2) is 5.38 Å². The van der Waals surface area contributed by atoms with Crippen LogP contribution in [0.25, 0.3) is 0 Å². The van der Waals surface area contributed by atoms with Crippen LogP contribution in [0, 0.1) is 5.92 Å². The molecule has 0 aliphatic heterocycles. The molecule has 0 amide bonds. The van der Waals surface area contributed by atoms with E-state index < -0.39 is 0 Å². The lowest BCUT2D eigenvalue weighted by molar-refractivity contribution is 0.426. The molecule has 0 aliphatic rings. The third kappa shape index (κ3) is 2.25. The van der Waals surface area contributed by atoms with E-state index in [0.717, 1.165) is 12.1 Å². The lowest BCUT2D eigenvalue weighted by Gasteiger charge is -2.16. The summed E-state index contributed by atoms with van der Waals surface area (Å²) in [4.78, 5) is 0. The summed E-state index contributed by atoms with van der Waals surface area (Å²) in [5.41, 5.74) is 6.90. The van der Waals surface area contributed by atoms with E-state index in [2.05, 4.69) is 23.4 Å². The fourth-order valence-corrected chi connectivity index (χ4v) is 1.74. The van der Waals surface area contributed by atoms with Crippen molar-refractivity contribution >= 4 is 11.5 Å². The molecular formula is C8H15N3S. The molecule has 68 valence electrons. The number of nitrogens with zero attached hydrogens (tertiary/aromatic N) is 2. The van der Waals surface area contributed by atoms with Gasteiger partial charge in [0.1, 0.15) is 0 Å². The van der Waals surface area contributed by atoms with Crippen LogP contribution in [-0.2, 0) is 0 Å². The number of rotatable bonds is 4. The fraction of sp³-hybridized carbons (Fsp3) is 0.750. The van der Waals surface area contributed by atoms with Gasteiger partial charge >= 0.3 is 0 Å². The highest BCUT2D eigenvalue weighted by Crippen LogP contribution is 2.21. The maximum Gasteiger partial charge on any atom is 0.0925 e. The van der Waals surface area contributed by atoms with Gasteiger partial charge in [-0.05, 0) is 23.9 Å². The van der Waals surface area contributed by atoms with Crippen LogP contribution < -0.4 is 5.73 Å². The Hall–Kier alpha value is -0.480. The SMILES string of the molecule is CCCC(C)C(N)c1csnn1. The van der Waals surface area contributed by atoms with Gasteiger partial charge in [-0.2, -0.15) is 0 Å². The molecular weight excluding hydrogens is 170 g/mol. The second-order valence-corrected chi connectivity index (χ2v) is 3.73. The molecule has 1 rings (SSSR count). The molecule has 2 unspecified atom stereocenters. The van der Waals surface area contributed by atoms with Crippen molar-refractivity contribution in [2.24, 2.45) is 11.7 Å². The summed E-state index contributed by atoms with van der Waals surface area (Å²) >= 11 is 1.36. The maximum atomic E-state index is 5.97. The van der Waals surface area contributed by atoms with Gasteiger partial charge in [0.05, 0.1) is 11.7 Å². The Balaban J connectivity index is 2.53. The number of hydrogen-bond donors (Lipinski definition) is 1. The van der Waals surface area contributed by atoms with Crippen molar-refractivity contribution in [2.45, 2.75) is 32.7 Å². The summed E-state index contributed by atoms with van der Waals surface area (Å²) in [5.74, 6) is 0.499. The van der Waals surface area contributed by atoms with Crippen LogP contribution in [-0.4, -0.2) is 9.59 Å². The molecule has 2 atom stereocenters. The van der Waals surface area contributed by atoms with Gasteiger partial charge < -0.3 is 5.73 Å². The highest BCUT2D eigenvalue weighted by Gasteiger charge is 2.15. The zero-order valence-electron chi connectivity index (χ0n) is 7.53. The normalized spacial score (nSPS) is 15.9. The van der Waals surface area contributed by atoms with Gasteiger partial charge in [-0.3, -0.25) is 0 Å². The summed E-state index contributed by atoms with van der Waals surface area (Å²) in [6, 6.07) is 0.0590. The van der Waals surface area contributed by atoms with Crippen molar-refractivity contribution in [3.8, 4) is 0 Å². The molecule has 1 heterocycles. The van der Waals surface area contributed by atoms with E-state index in [0.29, 0.717) is 5.92 Å². The first-order valence-electron chi connectivity index (χ1n) is 4.28. The van der Waals surface area contributed by atoms with Crippen molar-refractivity contribution in [2.75, 3.05) is 0 Å². The predicted molar refractivity (Wildman–Crippen MR) is 50.9 cm³/mol. The molecule has 0 aromatic carbocycles. The average Bonchev–Trinajstić information content (AvgIpc) is 2.55. The topological polar surface area (TPSA) is 51.8 Å². The van der Waals surface area contributed by atoms with Gasteiger partial charge in [-0.15, -0.1) is 5.10 Å². The Bertz CT molecular complexity index is 210. The first kappa shape index (κ1) is 9.61. The molecule has 0 fully saturated rings. The second-order valence-electron chi connectivity index (χ2n) is 3.12. The molecule has 0 spiro atoms. The molecule has 12 heavy (non-hydrogen) atoms. The molecule has 0 bridgehead atoms. The largest absolute Gasteiger partial charge is 0.322 e. The summed E-state index contributed by atoms with van der Waals surface area (Å²) in [6.45, 7) is 4.33. The summed E-state index contributed by atoms with van der Waals surface area (Å²) < 4.78 is 3.80. The van der Waals surface area contributed by atoms with E-state index in [1.807, 2.05) is 5.38 Å². The zero-order chi connectivity index (χ0) is 8.97. The van der Waals surface area contributed by atoms with E-state index in [1.54, 1.807) is 0 Å². The van der Waals surface area contributed by atoms with Crippen molar-refractivity contribution in [1.29, 1.82) is 0 Å². The highest BCUT2D eigenvalue weighted by molar-refractivity contribution is 7.03. The van der Waals surface area contributed by atoms with Gasteiger partial charge in [0.15, 0.2) is 0 Å². The molecule has 1 aromatic heterocycles. The Kier molecular flexibility index (Phi) is 3.62. The summed E-state index contributed by atoms with van der Waals surface area (Å²) in [5, 5.41) is 5.89. The number of nitrogens with two attached hydrogens (primary N) is 1. The van der Waals surface area contributed by atoms with E-state index in [4.69, 9.17) is 5.73 Å². The molecule has 0 aliphatic carbocycles. The molecule has 4 heteroatoms. The summed E-state index contributed by atoms with van der Waals surface area (Å²) in [6.07, 6.45) is 2.32. The predicted octanol–water partition coefficient (Wildman–Crippen LogP) is 1.97. The first-order valence-corrected chi connectivity index (χ1v) is 5.12. The van der Waals surface area contributed by atoms with Gasteiger partial charge in [-0.25, -0.2) is 0 Å². The highest BCUT2D eigenvalue weighted by atomic mass is 32.1. The molecule has 3 nitrogen and oxygen atoms in total. The molecule has 2 N–H and O–H groups in total. The van der Waals surface area contributed by atoms with Crippen molar-refractivity contribution in [1.82, 2.24) is 9.59 Å². The molecule has 0 radical (unpaired) electrons. The monoisotopic (exact) mass is 185 g/mol. The van der Waals surface area contributed by atoms with E-state index in [1.165, 1.54) is 18.0 Å². The minimum absolute atomic E-state index is 0.0590. The zero-order valence-corrected chi connectivity index (χ0v) is 8.34. The summed E-state index contributed by atoms with van der Waals surface area (Å²) in [7, 11) is 0. The lowest BCUT2D eigenvalue weighted by Crippen LogP contribution is -2.19. The number of aromatic nitrogens is 2. The molecule has 0 saturated carbocycles. The quantitative estimate of drug-likeness (QED) is 0.780. The van der Waals surface area contributed by atoms with Crippen molar-refractivity contribution < 1.29 is 0 Å². The van der Waals surface area contributed by atoms with Crippen LogP contribution in [0.4, 0.5) is 0 Å². The van der Waals surface area contributed by atoms with Crippen LogP contribution in [0.5, 0.6) is 0 Å². The first-order chi connectivity index (χ1) is 5.75. The van der Waals surface area contributed by atoms with Crippen LogP contribution in [0.2, 0.25) is 0 Å². The third-order valence-electron chi connectivity index (χ3n) is 2.08.